The molecule has 1 saturated heterocycles. The predicted molar refractivity (Wildman–Crippen MR) is 78.2 cm³/mol. The molecule has 1 heterocycles. The Morgan fingerprint density at radius 3 is 2.56 bits per heavy atom. The summed E-state index contributed by atoms with van der Waals surface area (Å²) in [5.74, 6) is 0. The maximum absolute atomic E-state index is 6.25. The van der Waals surface area contributed by atoms with E-state index >= 15 is 0 Å². The number of hydrogen-bond acceptors (Lipinski definition) is 2. The molecular weight excluding hydrogens is 267 g/mol. The van der Waals surface area contributed by atoms with Crippen molar-refractivity contribution >= 4 is 23.2 Å². The zero-order valence-corrected chi connectivity index (χ0v) is 12.2. The van der Waals surface area contributed by atoms with Gasteiger partial charge >= 0.3 is 0 Å². The molecule has 18 heavy (non-hydrogen) atoms. The first-order valence-corrected chi connectivity index (χ1v) is 7.27. The fraction of sp³-hybridized carbons (Fsp3) is 0.571. The number of benzene rings is 1. The number of rotatable bonds is 3. The summed E-state index contributed by atoms with van der Waals surface area (Å²) in [6, 6.07) is 6.67. The molecule has 1 aromatic rings. The molecule has 100 valence electrons. The van der Waals surface area contributed by atoms with Crippen LogP contribution in [0, 0.1) is 0 Å². The fourth-order valence-electron chi connectivity index (χ4n) is 2.74. The first-order chi connectivity index (χ1) is 8.63. The van der Waals surface area contributed by atoms with Crippen LogP contribution >= 0.6 is 23.2 Å². The Kier molecular flexibility index (Phi) is 4.91. The van der Waals surface area contributed by atoms with Crippen molar-refractivity contribution in [2.45, 2.75) is 44.8 Å². The third-order valence-electron chi connectivity index (χ3n) is 3.87. The van der Waals surface area contributed by atoms with Crippen LogP contribution in [0.3, 0.4) is 0 Å². The van der Waals surface area contributed by atoms with Gasteiger partial charge in [0.25, 0.3) is 0 Å². The topological polar surface area (TPSA) is 29.3 Å². The lowest BCUT2D eigenvalue weighted by Crippen LogP contribution is -2.48. The Bertz CT molecular complexity index is 389. The molecule has 2 atom stereocenters. The molecule has 0 saturated carbocycles. The minimum absolute atomic E-state index is 0.445. The Balaban J connectivity index is 2.20. The van der Waals surface area contributed by atoms with E-state index in [4.69, 9.17) is 28.9 Å². The summed E-state index contributed by atoms with van der Waals surface area (Å²) >= 11 is 12.5. The quantitative estimate of drug-likeness (QED) is 0.918. The third kappa shape index (κ3) is 3.00. The zero-order chi connectivity index (χ0) is 13.1. The van der Waals surface area contributed by atoms with E-state index < -0.39 is 0 Å². The average molecular weight is 287 g/mol. The first kappa shape index (κ1) is 14.1. The number of halogens is 2. The first-order valence-electron chi connectivity index (χ1n) is 6.52. The van der Waals surface area contributed by atoms with Crippen molar-refractivity contribution in [2.24, 2.45) is 5.73 Å². The molecule has 0 aliphatic carbocycles. The van der Waals surface area contributed by atoms with Gasteiger partial charge in [-0.3, -0.25) is 4.90 Å². The van der Waals surface area contributed by atoms with Gasteiger partial charge in [-0.25, -0.2) is 0 Å². The van der Waals surface area contributed by atoms with Gasteiger partial charge in [0.05, 0.1) is 0 Å². The summed E-state index contributed by atoms with van der Waals surface area (Å²) in [4.78, 5) is 2.44. The lowest BCUT2D eigenvalue weighted by atomic mass is 9.95. The van der Waals surface area contributed by atoms with Gasteiger partial charge in [0.2, 0.25) is 0 Å². The minimum atomic E-state index is 0.445. The molecule has 4 heteroatoms. The maximum Gasteiger partial charge on any atom is 0.0465 e. The van der Waals surface area contributed by atoms with Crippen molar-refractivity contribution in [1.29, 1.82) is 0 Å². The molecule has 0 amide bonds. The summed E-state index contributed by atoms with van der Waals surface area (Å²) in [7, 11) is 0. The normalized spacial score (nSPS) is 25.3. The number of nitrogens with zero attached hydrogens (tertiary/aromatic N) is 1. The van der Waals surface area contributed by atoms with E-state index in [1.807, 2.05) is 18.2 Å². The van der Waals surface area contributed by atoms with Gasteiger partial charge in [-0.05, 0) is 31.9 Å². The van der Waals surface area contributed by atoms with E-state index in [0.29, 0.717) is 18.6 Å². The lowest BCUT2D eigenvalue weighted by Gasteiger charge is -2.40. The number of hydrogen-bond donors (Lipinski definition) is 1. The van der Waals surface area contributed by atoms with Gasteiger partial charge in [0.1, 0.15) is 0 Å². The van der Waals surface area contributed by atoms with E-state index in [-0.39, 0.29) is 0 Å². The second kappa shape index (κ2) is 6.25. The van der Waals surface area contributed by atoms with Gasteiger partial charge in [-0.1, -0.05) is 35.7 Å². The van der Waals surface area contributed by atoms with Crippen LogP contribution in [-0.4, -0.2) is 23.5 Å². The minimum Gasteiger partial charge on any atom is -0.329 e. The van der Waals surface area contributed by atoms with E-state index in [1.54, 1.807) is 0 Å². The Morgan fingerprint density at radius 2 is 1.94 bits per heavy atom. The van der Waals surface area contributed by atoms with Gasteiger partial charge in [-0.15, -0.1) is 0 Å². The Hall–Kier alpha value is -0.280. The van der Waals surface area contributed by atoms with E-state index in [1.165, 1.54) is 19.3 Å². The molecular formula is C14H20Cl2N2. The van der Waals surface area contributed by atoms with Gasteiger partial charge in [-0.2, -0.15) is 0 Å². The molecule has 2 rings (SSSR count). The molecule has 1 aromatic carbocycles. The van der Waals surface area contributed by atoms with E-state index in [2.05, 4.69) is 11.8 Å². The third-order valence-corrected chi connectivity index (χ3v) is 4.58. The second-order valence-corrected chi connectivity index (χ2v) is 5.86. The predicted octanol–water partition coefficient (Wildman–Crippen LogP) is 3.70. The van der Waals surface area contributed by atoms with Crippen molar-refractivity contribution in [3.05, 3.63) is 33.8 Å². The van der Waals surface area contributed by atoms with Crippen LogP contribution in [0.15, 0.2) is 18.2 Å². The number of piperidine rings is 1. The summed E-state index contributed by atoms with van der Waals surface area (Å²) in [5, 5.41) is 1.49. The van der Waals surface area contributed by atoms with Crippen molar-refractivity contribution < 1.29 is 0 Å². The van der Waals surface area contributed by atoms with Crippen LogP contribution in [0.4, 0.5) is 0 Å². The maximum atomic E-state index is 6.25. The van der Waals surface area contributed by atoms with E-state index in [9.17, 15) is 0 Å². The van der Waals surface area contributed by atoms with Gasteiger partial charge in [0, 0.05) is 40.8 Å². The molecule has 2 N–H and O–H groups in total. The highest BCUT2D eigenvalue weighted by molar-refractivity contribution is 6.35. The van der Waals surface area contributed by atoms with Crippen LogP contribution in [-0.2, 0) is 6.54 Å². The lowest BCUT2D eigenvalue weighted by molar-refractivity contribution is 0.0893. The molecule has 0 aromatic heterocycles. The second-order valence-electron chi connectivity index (χ2n) is 5.04. The van der Waals surface area contributed by atoms with Gasteiger partial charge < -0.3 is 5.73 Å². The SMILES string of the molecule is CC1CCCC(CN)N1Cc1c(Cl)cccc1Cl. The van der Waals surface area contributed by atoms with Crippen LogP contribution in [0.2, 0.25) is 10.0 Å². The zero-order valence-electron chi connectivity index (χ0n) is 10.7. The van der Waals surface area contributed by atoms with Crippen molar-refractivity contribution in [2.75, 3.05) is 6.54 Å². The molecule has 0 bridgehead atoms. The number of likely N-dealkylation sites (tertiary alicyclic amines) is 1. The van der Waals surface area contributed by atoms with E-state index in [0.717, 1.165) is 22.2 Å². The Labute approximate surface area is 119 Å². The molecule has 1 fully saturated rings. The van der Waals surface area contributed by atoms with Crippen molar-refractivity contribution in [1.82, 2.24) is 4.90 Å². The summed E-state index contributed by atoms with van der Waals surface area (Å²) < 4.78 is 0. The summed E-state index contributed by atoms with van der Waals surface area (Å²) in [6.07, 6.45) is 3.65. The number of nitrogens with two attached hydrogens (primary N) is 1. The fourth-order valence-corrected chi connectivity index (χ4v) is 3.26. The molecule has 0 radical (unpaired) electrons. The Morgan fingerprint density at radius 1 is 1.28 bits per heavy atom. The highest BCUT2D eigenvalue weighted by Crippen LogP contribution is 2.30. The van der Waals surface area contributed by atoms with Crippen molar-refractivity contribution in [3.8, 4) is 0 Å². The smallest absolute Gasteiger partial charge is 0.0465 e. The summed E-state index contributed by atoms with van der Waals surface area (Å²) in [6.45, 7) is 3.75. The van der Waals surface area contributed by atoms with Crippen LogP contribution < -0.4 is 5.73 Å². The molecule has 2 nitrogen and oxygen atoms in total. The highest BCUT2D eigenvalue weighted by atomic mass is 35.5. The monoisotopic (exact) mass is 286 g/mol. The largest absolute Gasteiger partial charge is 0.329 e. The molecule has 0 spiro atoms. The summed E-state index contributed by atoms with van der Waals surface area (Å²) in [5.41, 5.74) is 6.90. The van der Waals surface area contributed by atoms with Crippen LogP contribution in [0.5, 0.6) is 0 Å². The van der Waals surface area contributed by atoms with Crippen molar-refractivity contribution in [3.63, 3.8) is 0 Å². The highest BCUT2D eigenvalue weighted by Gasteiger charge is 2.27. The molecule has 1 aliphatic heterocycles. The standard InChI is InChI=1S/C14H20Cl2N2/c1-10-4-2-5-11(8-17)18(10)9-12-13(15)6-3-7-14(12)16/h3,6-7,10-11H,2,4-5,8-9,17H2,1H3. The molecule has 2 unspecified atom stereocenters. The molecule has 1 aliphatic rings. The van der Waals surface area contributed by atoms with Crippen LogP contribution in [0.25, 0.3) is 0 Å². The van der Waals surface area contributed by atoms with Gasteiger partial charge in [0.15, 0.2) is 0 Å². The average Bonchev–Trinajstić information content (AvgIpc) is 2.35. The van der Waals surface area contributed by atoms with Crippen LogP contribution in [0.1, 0.15) is 31.7 Å².